The predicted octanol–water partition coefficient (Wildman–Crippen LogP) is -2.41. The molecule has 6 N–H and O–H groups in total. The second-order valence-corrected chi connectivity index (χ2v) is 6.99. The molecule has 0 amide bonds. The van der Waals surface area contributed by atoms with Crippen LogP contribution in [0.5, 0.6) is 0 Å². The standard InChI is InChI=1S/C11H19NO10S2/c1-2-5(14)3-7(12-22-24(18,19)20)23-11-10(17)9(16)8(15)6(4-13)21-11/h2,5-6,8-11,13-17H,1,3-4H2,(H,18,19,20)/b12-7+/t5-,6?,8?,9?,10?,11?/m0/s1. The fraction of sp³-hybridized carbons (Fsp3) is 0.727. The molecule has 1 fully saturated rings. The average Bonchev–Trinajstić information content (AvgIpc) is 2.52. The number of nitrogens with zero attached hydrogens (tertiary/aromatic N) is 1. The van der Waals surface area contributed by atoms with Gasteiger partial charge < -0.3 is 30.3 Å². The lowest BCUT2D eigenvalue weighted by Crippen LogP contribution is -2.57. The monoisotopic (exact) mass is 389 g/mol. The van der Waals surface area contributed by atoms with Crippen molar-refractivity contribution in [3.8, 4) is 0 Å². The number of ether oxygens (including phenoxy) is 1. The molecule has 0 spiro atoms. The molecular weight excluding hydrogens is 370 g/mol. The van der Waals surface area contributed by atoms with E-state index in [1.165, 1.54) is 0 Å². The van der Waals surface area contributed by atoms with Crippen molar-refractivity contribution in [2.45, 2.75) is 42.4 Å². The Hall–Kier alpha value is -0.770. The second kappa shape index (κ2) is 9.07. The molecule has 0 saturated carbocycles. The summed E-state index contributed by atoms with van der Waals surface area (Å²) in [4.78, 5) is 0. The largest absolute Gasteiger partial charge is 0.466 e. The zero-order valence-corrected chi connectivity index (χ0v) is 13.9. The first kappa shape index (κ1) is 21.3. The number of oxime groups is 1. The molecule has 11 nitrogen and oxygen atoms in total. The maximum absolute atomic E-state index is 10.6. The van der Waals surface area contributed by atoms with Crippen LogP contribution in [0.2, 0.25) is 0 Å². The van der Waals surface area contributed by atoms with Crippen molar-refractivity contribution in [2.75, 3.05) is 6.61 Å². The van der Waals surface area contributed by atoms with Crippen molar-refractivity contribution in [1.29, 1.82) is 0 Å². The van der Waals surface area contributed by atoms with Crippen LogP contribution < -0.4 is 0 Å². The fourth-order valence-electron chi connectivity index (χ4n) is 1.76. The molecule has 1 saturated heterocycles. The van der Waals surface area contributed by atoms with E-state index in [1.54, 1.807) is 0 Å². The van der Waals surface area contributed by atoms with Crippen LogP contribution >= 0.6 is 11.8 Å². The molecule has 13 heteroatoms. The Bertz CT molecular complexity index is 551. The highest BCUT2D eigenvalue weighted by Gasteiger charge is 2.44. The molecular formula is C11H19NO10S2. The number of thioether (sulfide) groups is 1. The van der Waals surface area contributed by atoms with E-state index in [-0.39, 0.29) is 11.5 Å². The first-order valence-corrected chi connectivity index (χ1v) is 8.84. The van der Waals surface area contributed by atoms with Crippen molar-refractivity contribution in [3.63, 3.8) is 0 Å². The maximum atomic E-state index is 10.6. The second-order valence-electron chi connectivity index (χ2n) is 4.81. The van der Waals surface area contributed by atoms with E-state index in [0.717, 1.165) is 6.08 Å². The van der Waals surface area contributed by atoms with Gasteiger partial charge in [-0.25, -0.2) is 4.28 Å². The number of rotatable bonds is 7. The van der Waals surface area contributed by atoms with Crippen LogP contribution in [0.15, 0.2) is 17.8 Å². The van der Waals surface area contributed by atoms with Gasteiger partial charge >= 0.3 is 10.4 Å². The summed E-state index contributed by atoms with van der Waals surface area (Å²) in [5.74, 6) is 0. The Morgan fingerprint density at radius 3 is 2.46 bits per heavy atom. The van der Waals surface area contributed by atoms with Crippen molar-refractivity contribution < 1.29 is 47.5 Å². The molecule has 6 atom stereocenters. The molecule has 140 valence electrons. The van der Waals surface area contributed by atoms with Crippen LogP contribution in [0.1, 0.15) is 6.42 Å². The molecule has 24 heavy (non-hydrogen) atoms. The summed E-state index contributed by atoms with van der Waals surface area (Å²) >= 11 is 0.570. The first-order chi connectivity index (χ1) is 11.1. The van der Waals surface area contributed by atoms with Gasteiger partial charge in [-0.3, -0.25) is 4.55 Å². The number of aliphatic hydroxyl groups is 5. The highest BCUT2D eigenvalue weighted by Crippen LogP contribution is 2.30. The smallest absolute Gasteiger partial charge is 0.394 e. The number of aliphatic hydroxyl groups excluding tert-OH is 5. The van der Waals surface area contributed by atoms with E-state index in [9.17, 15) is 28.8 Å². The van der Waals surface area contributed by atoms with E-state index < -0.39 is 53.0 Å². The minimum Gasteiger partial charge on any atom is -0.394 e. The topological polar surface area (TPSA) is 186 Å². The summed E-state index contributed by atoms with van der Waals surface area (Å²) < 4.78 is 38.8. The van der Waals surface area contributed by atoms with Crippen LogP contribution in [0.25, 0.3) is 0 Å². The number of hydrogen-bond donors (Lipinski definition) is 6. The van der Waals surface area contributed by atoms with Crippen LogP contribution in [0.4, 0.5) is 0 Å². The summed E-state index contributed by atoms with van der Waals surface area (Å²) in [5.41, 5.74) is -1.26. The Morgan fingerprint density at radius 1 is 1.33 bits per heavy atom. The Balaban J connectivity index is 2.92. The summed E-state index contributed by atoms with van der Waals surface area (Å²) in [5, 5.41) is 50.8. The van der Waals surface area contributed by atoms with Crippen LogP contribution in [0, 0.1) is 0 Å². The minimum atomic E-state index is -4.89. The lowest BCUT2D eigenvalue weighted by molar-refractivity contribution is -0.205. The van der Waals surface area contributed by atoms with E-state index in [2.05, 4.69) is 16.0 Å². The number of hydrogen-bond acceptors (Lipinski definition) is 11. The summed E-state index contributed by atoms with van der Waals surface area (Å²) in [6, 6.07) is 0. The first-order valence-electron chi connectivity index (χ1n) is 6.59. The SMILES string of the molecule is C=C[C@H](O)C/C(=N\OS(=O)(=O)O)SC1OC(CO)C(O)C(O)C1O. The van der Waals surface area contributed by atoms with E-state index in [4.69, 9.17) is 14.4 Å². The summed E-state index contributed by atoms with van der Waals surface area (Å²) in [6.07, 6.45) is -6.29. The molecule has 0 radical (unpaired) electrons. The quantitative estimate of drug-likeness (QED) is 0.0895. The predicted molar refractivity (Wildman–Crippen MR) is 82.2 cm³/mol. The Kier molecular flexibility index (Phi) is 8.04. The molecule has 0 aliphatic carbocycles. The van der Waals surface area contributed by atoms with Crippen LogP contribution in [-0.4, -0.2) is 86.1 Å². The molecule has 1 heterocycles. The fourth-order valence-corrected chi connectivity index (χ4v) is 3.10. The zero-order valence-electron chi connectivity index (χ0n) is 12.2. The lowest BCUT2D eigenvalue weighted by Gasteiger charge is -2.39. The molecule has 0 aromatic heterocycles. The van der Waals surface area contributed by atoms with Crippen molar-refractivity contribution >= 4 is 27.2 Å². The third kappa shape index (κ3) is 6.27. The van der Waals surface area contributed by atoms with E-state index in [0.29, 0.717) is 11.8 Å². The van der Waals surface area contributed by atoms with Crippen molar-refractivity contribution in [3.05, 3.63) is 12.7 Å². The van der Waals surface area contributed by atoms with Gasteiger partial charge in [-0.15, -0.1) is 6.58 Å². The van der Waals surface area contributed by atoms with Gasteiger partial charge in [0.25, 0.3) is 0 Å². The van der Waals surface area contributed by atoms with E-state index >= 15 is 0 Å². The molecule has 1 aliphatic heterocycles. The molecule has 0 bridgehead atoms. The van der Waals surface area contributed by atoms with Gasteiger partial charge in [0.2, 0.25) is 0 Å². The van der Waals surface area contributed by atoms with Crippen molar-refractivity contribution in [1.82, 2.24) is 0 Å². The van der Waals surface area contributed by atoms with Gasteiger partial charge in [-0.05, 0) is 0 Å². The molecule has 1 aliphatic rings. The zero-order chi connectivity index (χ0) is 18.5. The van der Waals surface area contributed by atoms with Crippen molar-refractivity contribution in [2.24, 2.45) is 5.16 Å². The third-order valence-electron chi connectivity index (χ3n) is 2.99. The Labute approximate surface area is 142 Å². The van der Waals surface area contributed by atoms with Gasteiger partial charge in [0.15, 0.2) is 0 Å². The van der Waals surface area contributed by atoms with Gasteiger partial charge in [0.05, 0.1) is 12.7 Å². The molecule has 0 aromatic rings. The molecule has 1 rings (SSSR count). The Morgan fingerprint density at radius 2 is 1.96 bits per heavy atom. The van der Waals surface area contributed by atoms with Gasteiger partial charge in [0.1, 0.15) is 34.9 Å². The maximum Gasteiger partial charge on any atom is 0.466 e. The average molecular weight is 389 g/mol. The minimum absolute atomic E-state index is 0.218. The van der Waals surface area contributed by atoms with Gasteiger partial charge in [-0.1, -0.05) is 23.0 Å². The van der Waals surface area contributed by atoms with Crippen LogP contribution in [-0.2, 0) is 19.4 Å². The van der Waals surface area contributed by atoms with Gasteiger partial charge in [-0.2, -0.15) is 8.42 Å². The normalized spacial score (nSPS) is 33.1. The summed E-state index contributed by atoms with van der Waals surface area (Å²) in [6.45, 7) is 2.67. The van der Waals surface area contributed by atoms with Gasteiger partial charge in [0, 0.05) is 6.42 Å². The van der Waals surface area contributed by atoms with E-state index in [1.807, 2.05) is 0 Å². The molecule has 0 aromatic carbocycles. The summed E-state index contributed by atoms with van der Waals surface area (Å²) in [7, 11) is -4.89. The van der Waals surface area contributed by atoms with Crippen LogP contribution in [0.3, 0.4) is 0 Å². The molecule has 5 unspecified atom stereocenters. The lowest BCUT2D eigenvalue weighted by atomic mass is 10.0. The highest BCUT2D eigenvalue weighted by atomic mass is 32.3. The highest BCUT2D eigenvalue weighted by molar-refractivity contribution is 8.14. The third-order valence-corrected chi connectivity index (χ3v) is 4.39.